The molecule has 0 radical (unpaired) electrons. The van der Waals surface area contributed by atoms with Crippen LogP contribution in [0.4, 0.5) is 11.5 Å². The molecule has 28 heavy (non-hydrogen) atoms. The largest absolute Gasteiger partial charge is 0.408 e. The number of hydrogen-bond acceptors (Lipinski definition) is 6. The fraction of sp³-hybridized carbons (Fsp3) is 0.500. The van der Waals surface area contributed by atoms with Crippen LogP contribution in [0.5, 0.6) is 0 Å². The molecular weight excluding hydrogens is 390 g/mol. The van der Waals surface area contributed by atoms with E-state index in [2.05, 4.69) is 20.8 Å². The van der Waals surface area contributed by atoms with E-state index >= 15 is 0 Å². The molecular formula is C16H22ClN7O4. The van der Waals surface area contributed by atoms with Gasteiger partial charge in [0.05, 0.1) is 16.5 Å². The zero-order chi connectivity index (χ0) is 21.0. The number of carbonyl (C=O) groups is 2. The van der Waals surface area contributed by atoms with Crippen LogP contribution in [0, 0.1) is 23.0 Å². The average Bonchev–Trinajstić information content (AvgIpc) is 3.15. The Balaban J connectivity index is 2.18. The Kier molecular flexibility index (Phi) is 6.73. The minimum absolute atomic E-state index is 0.0945. The van der Waals surface area contributed by atoms with Crippen molar-refractivity contribution in [1.29, 1.82) is 0 Å². The number of aromatic nitrogens is 4. The van der Waals surface area contributed by atoms with Gasteiger partial charge in [-0.15, -0.1) is 0 Å². The van der Waals surface area contributed by atoms with Gasteiger partial charge in [-0.25, -0.2) is 0 Å². The Labute approximate surface area is 166 Å². The molecule has 2 amide bonds. The number of halogens is 1. The molecule has 0 saturated heterocycles. The molecule has 12 heteroatoms. The van der Waals surface area contributed by atoms with Gasteiger partial charge in [0.15, 0.2) is 10.7 Å². The Morgan fingerprint density at radius 3 is 2.57 bits per heavy atom. The van der Waals surface area contributed by atoms with Crippen molar-refractivity contribution in [3.63, 3.8) is 0 Å². The number of hydrogen-bond donors (Lipinski definition) is 2. The predicted octanol–water partition coefficient (Wildman–Crippen LogP) is 1.99. The first-order chi connectivity index (χ1) is 13.1. The first-order valence-electron chi connectivity index (χ1n) is 8.66. The van der Waals surface area contributed by atoms with Gasteiger partial charge in [0.25, 0.3) is 5.91 Å². The summed E-state index contributed by atoms with van der Waals surface area (Å²) in [6.07, 6.45) is 1.55. The molecule has 2 N–H and O–H groups in total. The third kappa shape index (κ3) is 4.85. The Bertz CT molecular complexity index is 903. The van der Waals surface area contributed by atoms with Gasteiger partial charge in [-0.1, -0.05) is 25.4 Å². The monoisotopic (exact) mass is 411 g/mol. The molecule has 2 aromatic heterocycles. The fourth-order valence-electron chi connectivity index (χ4n) is 2.33. The van der Waals surface area contributed by atoms with E-state index in [1.807, 2.05) is 20.8 Å². The van der Waals surface area contributed by atoms with E-state index in [0.717, 1.165) is 4.68 Å². The predicted molar refractivity (Wildman–Crippen MR) is 102 cm³/mol. The van der Waals surface area contributed by atoms with Crippen LogP contribution >= 0.6 is 11.6 Å². The highest BCUT2D eigenvalue weighted by Crippen LogP contribution is 2.26. The van der Waals surface area contributed by atoms with Gasteiger partial charge < -0.3 is 20.7 Å². The second-order valence-electron chi connectivity index (χ2n) is 6.54. The number of amides is 2. The molecule has 152 valence electrons. The van der Waals surface area contributed by atoms with Crippen molar-refractivity contribution >= 4 is 34.9 Å². The van der Waals surface area contributed by atoms with Crippen LogP contribution in [-0.2, 0) is 17.9 Å². The molecule has 2 rings (SSSR count). The van der Waals surface area contributed by atoms with E-state index < -0.39 is 22.6 Å². The quantitative estimate of drug-likeness (QED) is 0.503. The van der Waals surface area contributed by atoms with Crippen molar-refractivity contribution in [1.82, 2.24) is 24.9 Å². The lowest BCUT2D eigenvalue weighted by Gasteiger charge is -2.08. The van der Waals surface area contributed by atoms with Crippen LogP contribution in [-0.4, -0.2) is 42.8 Å². The number of nitro groups is 1. The number of nitrogens with one attached hydrogen (secondary N) is 2. The van der Waals surface area contributed by atoms with Gasteiger partial charge in [-0.3, -0.25) is 14.3 Å². The number of nitrogens with zero attached hydrogens (tertiary/aromatic N) is 5. The molecule has 0 unspecified atom stereocenters. The molecule has 0 aliphatic rings. The standard InChI is InChI=1S/C16H22ClN7O4/c1-5-22-7-11(14(20-22)16(26)18-6-9(2)3)19-12(25)8-23-10(4)13(17)15(21-23)24(27)28/h7,9H,5-6,8H2,1-4H3,(H,18,26)(H,19,25). The molecule has 0 aromatic carbocycles. The van der Waals surface area contributed by atoms with Gasteiger partial charge in [0.2, 0.25) is 5.91 Å². The average molecular weight is 412 g/mol. The minimum atomic E-state index is -0.716. The summed E-state index contributed by atoms with van der Waals surface area (Å²) in [6.45, 7) is 7.98. The van der Waals surface area contributed by atoms with Gasteiger partial charge in [0.1, 0.15) is 6.54 Å². The van der Waals surface area contributed by atoms with E-state index in [9.17, 15) is 19.7 Å². The number of anilines is 1. The zero-order valence-electron chi connectivity index (χ0n) is 16.0. The molecule has 0 aliphatic carbocycles. The highest BCUT2D eigenvalue weighted by Gasteiger charge is 2.26. The first kappa shape index (κ1) is 21.4. The molecule has 2 aromatic rings. The van der Waals surface area contributed by atoms with Crippen LogP contribution in [0.1, 0.15) is 37.0 Å². The number of rotatable bonds is 8. The number of aryl methyl sites for hydroxylation is 1. The summed E-state index contributed by atoms with van der Waals surface area (Å²) in [5.74, 6) is -1.17. The molecule has 2 heterocycles. The maximum absolute atomic E-state index is 12.4. The van der Waals surface area contributed by atoms with Crippen molar-refractivity contribution in [2.45, 2.75) is 40.8 Å². The third-order valence-electron chi connectivity index (χ3n) is 3.83. The SMILES string of the molecule is CCn1cc(NC(=O)Cn2nc([N+](=O)[O-])c(Cl)c2C)c(C(=O)NCC(C)C)n1. The topological polar surface area (TPSA) is 137 Å². The fourth-order valence-corrected chi connectivity index (χ4v) is 2.53. The van der Waals surface area contributed by atoms with Crippen LogP contribution in [0.3, 0.4) is 0 Å². The van der Waals surface area contributed by atoms with Crippen LogP contribution in [0.2, 0.25) is 5.02 Å². The van der Waals surface area contributed by atoms with Crippen molar-refractivity contribution in [3.05, 3.63) is 32.7 Å². The Morgan fingerprint density at radius 1 is 1.36 bits per heavy atom. The van der Waals surface area contributed by atoms with Crippen molar-refractivity contribution in [3.8, 4) is 0 Å². The third-order valence-corrected chi connectivity index (χ3v) is 4.27. The van der Waals surface area contributed by atoms with Gasteiger partial charge in [-0.05, 0) is 24.7 Å². The van der Waals surface area contributed by atoms with Crippen molar-refractivity contribution in [2.24, 2.45) is 5.92 Å². The van der Waals surface area contributed by atoms with E-state index in [1.54, 1.807) is 6.20 Å². The van der Waals surface area contributed by atoms with Crippen molar-refractivity contribution in [2.75, 3.05) is 11.9 Å². The molecule has 0 fully saturated rings. The lowest BCUT2D eigenvalue weighted by molar-refractivity contribution is -0.389. The second kappa shape index (κ2) is 8.83. The lowest BCUT2D eigenvalue weighted by Crippen LogP contribution is -2.29. The normalized spacial score (nSPS) is 10.9. The van der Waals surface area contributed by atoms with E-state index in [1.165, 1.54) is 11.6 Å². The maximum atomic E-state index is 12.4. The summed E-state index contributed by atoms with van der Waals surface area (Å²) in [4.78, 5) is 35.0. The van der Waals surface area contributed by atoms with Gasteiger partial charge >= 0.3 is 5.82 Å². The van der Waals surface area contributed by atoms with Crippen LogP contribution in [0.25, 0.3) is 0 Å². The van der Waals surface area contributed by atoms with E-state index in [0.29, 0.717) is 18.8 Å². The van der Waals surface area contributed by atoms with E-state index in [4.69, 9.17) is 11.6 Å². The first-order valence-corrected chi connectivity index (χ1v) is 9.04. The molecule has 11 nitrogen and oxygen atoms in total. The molecule has 0 atom stereocenters. The molecule has 0 bridgehead atoms. The maximum Gasteiger partial charge on any atom is 0.408 e. The summed E-state index contributed by atoms with van der Waals surface area (Å²) in [5.41, 5.74) is 0.637. The minimum Gasteiger partial charge on any atom is -0.358 e. The summed E-state index contributed by atoms with van der Waals surface area (Å²) >= 11 is 5.88. The Morgan fingerprint density at radius 2 is 2.04 bits per heavy atom. The highest BCUT2D eigenvalue weighted by atomic mass is 35.5. The summed E-state index contributed by atoms with van der Waals surface area (Å²) < 4.78 is 2.67. The molecule has 0 spiro atoms. The zero-order valence-corrected chi connectivity index (χ0v) is 16.8. The smallest absolute Gasteiger partial charge is 0.358 e. The molecule has 0 saturated carbocycles. The second-order valence-corrected chi connectivity index (χ2v) is 6.91. The van der Waals surface area contributed by atoms with Crippen LogP contribution < -0.4 is 10.6 Å². The van der Waals surface area contributed by atoms with E-state index in [-0.39, 0.29) is 28.9 Å². The van der Waals surface area contributed by atoms with Crippen LogP contribution in [0.15, 0.2) is 6.20 Å². The van der Waals surface area contributed by atoms with Gasteiger partial charge in [0, 0.05) is 19.3 Å². The summed E-state index contributed by atoms with van der Waals surface area (Å²) in [7, 11) is 0. The van der Waals surface area contributed by atoms with Crippen molar-refractivity contribution < 1.29 is 14.5 Å². The number of carbonyl (C=O) groups excluding carboxylic acids is 2. The summed E-state index contributed by atoms with van der Waals surface area (Å²) in [6, 6.07) is 0. The highest BCUT2D eigenvalue weighted by molar-refractivity contribution is 6.33. The summed E-state index contributed by atoms with van der Waals surface area (Å²) in [5, 5.41) is 24.1. The molecule has 0 aliphatic heterocycles. The van der Waals surface area contributed by atoms with Gasteiger partial charge in [-0.2, -0.15) is 9.78 Å². The Hall–Kier alpha value is -2.95. The lowest BCUT2D eigenvalue weighted by atomic mass is 10.2.